The van der Waals surface area contributed by atoms with Crippen molar-refractivity contribution in [1.29, 1.82) is 0 Å². The number of amides is 1. The molecule has 94 valence electrons. The van der Waals surface area contributed by atoms with Gasteiger partial charge in [-0.05, 0) is 19.8 Å². The van der Waals surface area contributed by atoms with E-state index in [1.54, 1.807) is 4.90 Å². The molecule has 1 aliphatic carbocycles. The van der Waals surface area contributed by atoms with Crippen molar-refractivity contribution >= 4 is 5.91 Å². The smallest absolute Gasteiger partial charge is 0.265 e. The molecular weight excluding hydrogens is 218 g/mol. The molecule has 1 saturated carbocycles. The highest BCUT2D eigenvalue weighted by Gasteiger charge is 2.31. The van der Waals surface area contributed by atoms with Crippen molar-refractivity contribution < 1.29 is 18.7 Å². The summed E-state index contributed by atoms with van der Waals surface area (Å²) in [6.45, 7) is 2.28. The van der Waals surface area contributed by atoms with E-state index in [0.29, 0.717) is 12.6 Å². The van der Waals surface area contributed by atoms with E-state index in [1.165, 1.54) is 0 Å². The SMILES string of the molecule is CCN(C(=O)CNCC(O)C(F)F)C1CC1. The summed E-state index contributed by atoms with van der Waals surface area (Å²) in [5.74, 6) is -0.0912. The number of halogens is 2. The first kappa shape index (κ1) is 13.3. The monoisotopic (exact) mass is 236 g/mol. The number of hydrogen-bond donors (Lipinski definition) is 2. The van der Waals surface area contributed by atoms with Gasteiger partial charge in [-0.1, -0.05) is 0 Å². The molecule has 0 radical (unpaired) electrons. The first-order valence-corrected chi connectivity index (χ1v) is 5.52. The summed E-state index contributed by atoms with van der Waals surface area (Å²) in [4.78, 5) is 13.3. The maximum absolute atomic E-state index is 11.9. The molecule has 2 N–H and O–H groups in total. The van der Waals surface area contributed by atoms with Crippen molar-refractivity contribution in [3.63, 3.8) is 0 Å². The average Bonchev–Trinajstić information content (AvgIpc) is 3.02. The predicted octanol–water partition coefficient (Wildman–Crippen LogP) is 0.213. The molecule has 0 saturated heterocycles. The fourth-order valence-electron chi connectivity index (χ4n) is 1.54. The summed E-state index contributed by atoms with van der Waals surface area (Å²) in [5.41, 5.74) is 0. The highest BCUT2D eigenvalue weighted by atomic mass is 19.3. The molecule has 1 fully saturated rings. The molecule has 0 aliphatic heterocycles. The number of hydrogen-bond acceptors (Lipinski definition) is 3. The van der Waals surface area contributed by atoms with E-state index in [1.807, 2.05) is 6.92 Å². The minimum Gasteiger partial charge on any atom is -0.386 e. The Balaban J connectivity index is 2.18. The summed E-state index contributed by atoms with van der Waals surface area (Å²) in [7, 11) is 0. The zero-order valence-corrected chi connectivity index (χ0v) is 9.33. The molecule has 0 aromatic heterocycles. The molecular formula is C10H18F2N2O2. The van der Waals surface area contributed by atoms with Crippen LogP contribution in [0.2, 0.25) is 0 Å². The normalized spacial score (nSPS) is 17.6. The van der Waals surface area contributed by atoms with Crippen LogP contribution in [-0.2, 0) is 4.79 Å². The molecule has 1 atom stereocenters. The fourth-order valence-corrected chi connectivity index (χ4v) is 1.54. The van der Waals surface area contributed by atoms with Gasteiger partial charge in [0.15, 0.2) is 0 Å². The molecule has 0 aromatic carbocycles. The summed E-state index contributed by atoms with van der Waals surface area (Å²) in [6.07, 6.45) is -2.42. The predicted molar refractivity (Wildman–Crippen MR) is 55.3 cm³/mol. The number of aliphatic hydroxyl groups is 1. The van der Waals surface area contributed by atoms with Crippen LogP contribution in [0.5, 0.6) is 0 Å². The van der Waals surface area contributed by atoms with Crippen molar-refractivity contribution in [3.05, 3.63) is 0 Å². The number of rotatable bonds is 7. The Kier molecular flexibility index (Phi) is 5.08. The van der Waals surface area contributed by atoms with E-state index in [-0.39, 0.29) is 19.0 Å². The van der Waals surface area contributed by atoms with Crippen molar-refractivity contribution in [2.45, 2.75) is 38.3 Å². The van der Waals surface area contributed by atoms with Gasteiger partial charge in [0.05, 0.1) is 6.54 Å². The van der Waals surface area contributed by atoms with Crippen molar-refractivity contribution in [1.82, 2.24) is 10.2 Å². The van der Waals surface area contributed by atoms with Crippen LogP contribution in [0.4, 0.5) is 8.78 Å². The van der Waals surface area contributed by atoms with Crippen LogP contribution in [0, 0.1) is 0 Å². The van der Waals surface area contributed by atoms with Gasteiger partial charge in [-0.25, -0.2) is 8.78 Å². The van der Waals surface area contributed by atoms with E-state index < -0.39 is 12.5 Å². The van der Waals surface area contributed by atoms with Crippen molar-refractivity contribution in [2.75, 3.05) is 19.6 Å². The Bertz CT molecular complexity index is 235. The Hall–Kier alpha value is -0.750. The highest BCUT2D eigenvalue weighted by Crippen LogP contribution is 2.26. The Morgan fingerprint density at radius 3 is 2.62 bits per heavy atom. The van der Waals surface area contributed by atoms with Crippen LogP contribution in [0.15, 0.2) is 0 Å². The lowest BCUT2D eigenvalue weighted by molar-refractivity contribution is -0.130. The number of nitrogens with zero attached hydrogens (tertiary/aromatic N) is 1. The molecule has 1 rings (SSSR count). The van der Waals surface area contributed by atoms with Crippen LogP contribution < -0.4 is 5.32 Å². The molecule has 1 unspecified atom stereocenters. The lowest BCUT2D eigenvalue weighted by Crippen LogP contribution is -2.42. The summed E-state index contributed by atoms with van der Waals surface area (Å²) in [5, 5.41) is 11.4. The van der Waals surface area contributed by atoms with E-state index >= 15 is 0 Å². The summed E-state index contributed by atoms with van der Waals surface area (Å²) < 4.78 is 23.9. The van der Waals surface area contributed by atoms with Gasteiger partial charge in [0.1, 0.15) is 6.10 Å². The maximum Gasteiger partial charge on any atom is 0.265 e. The van der Waals surface area contributed by atoms with Gasteiger partial charge in [0.25, 0.3) is 6.43 Å². The molecule has 16 heavy (non-hydrogen) atoms. The Morgan fingerprint density at radius 1 is 1.56 bits per heavy atom. The highest BCUT2D eigenvalue weighted by molar-refractivity contribution is 5.78. The second-order valence-electron chi connectivity index (χ2n) is 3.94. The van der Waals surface area contributed by atoms with E-state index in [0.717, 1.165) is 12.8 Å². The number of nitrogens with one attached hydrogen (secondary N) is 1. The quantitative estimate of drug-likeness (QED) is 0.664. The largest absolute Gasteiger partial charge is 0.386 e. The van der Waals surface area contributed by atoms with Crippen LogP contribution >= 0.6 is 0 Å². The van der Waals surface area contributed by atoms with Crippen LogP contribution in [0.3, 0.4) is 0 Å². The zero-order chi connectivity index (χ0) is 12.1. The third kappa shape index (κ3) is 4.02. The Morgan fingerprint density at radius 2 is 2.19 bits per heavy atom. The van der Waals surface area contributed by atoms with Gasteiger partial charge in [-0.3, -0.25) is 4.79 Å². The van der Waals surface area contributed by atoms with Gasteiger partial charge in [0.2, 0.25) is 5.91 Å². The second kappa shape index (κ2) is 6.10. The molecule has 0 heterocycles. The first-order chi connectivity index (χ1) is 7.56. The number of likely N-dealkylation sites (N-methyl/N-ethyl adjacent to an activating group) is 1. The van der Waals surface area contributed by atoms with Gasteiger partial charge >= 0.3 is 0 Å². The first-order valence-electron chi connectivity index (χ1n) is 5.52. The molecule has 6 heteroatoms. The van der Waals surface area contributed by atoms with Gasteiger partial charge < -0.3 is 15.3 Å². The number of carbonyl (C=O) groups is 1. The van der Waals surface area contributed by atoms with Gasteiger partial charge in [-0.2, -0.15) is 0 Å². The lowest BCUT2D eigenvalue weighted by atomic mass is 10.3. The number of aliphatic hydroxyl groups excluding tert-OH is 1. The van der Waals surface area contributed by atoms with E-state index in [9.17, 15) is 13.6 Å². The Labute approximate surface area is 93.6 Å². The van der Waals surface area contributed by atoms with Crippen molar-refractivity contribution in [3.8, 4) is 0 Å². The fraction of sp³-hybridized carbons (Fsp3) is 0.900. The zero-order valence-electron chi connectivity index (χ0n) is 9.33. The van der Waals surface area contributed by atoms with Gasteiger partial charge in [-0.15, -0.1) is 0 Å². The van der Waals surface area contributed by atoms with E-state index in [4.69, 9.17) is 5.11 Å². The molecule has 0 aromatic rings. The maximum atomic E-state index is 11.9. The molecule has 0 bridgehead atoms. The van der Waals surface area contributed by atoms with Crippen LogP contribution in [0.25, 0.3) is 0 Å². The minimum atomic E-state index is -2.77. The third-order valence-corrected chi connectivity index (χ3v) is 2.57. The lowest BCUT2D eigenvalue weighted by Gasteiger charge is -2.21. The van der Waals surface area contributed by atoms with Crippen LogP contribution in [-0.4, -0.2) is 54.1 Å². The summed E-state index contributed by atoms with van der Waals surface area (Å²) >= 11 is 0. The van der Waals surface area contributed by atoms with Gasteiger partial charge in [0, 0.05) is 19.1 Å². The minimum absolute atomic E-state index is 0.00806. The summed E-state index contributed by atoms with van der Waals surface area (Å²) in [6, 6.07) is 0.333. The second-order valence-corrected chi connectivity index (χ2v) is 3.94. The third-order valence-electron chi connectivity index (χ3n) is 2.57. The molecule has 1 aliphatic rings. The molecule has 4 nitrogen and oxygen atoms in total. The number of carbonyl (C=O) groups excluding carboxylic acids is 1. The van der Waals surface area contributed by atoms with Crippen LogP contribution in [0.1, 0.15) is 19.8 Å². The van der Waals surface area contributed by atoms with E-state index in [2.05, 4.69) is 5.32 Å². The standard InChI is InChI=1S/C10H18F2N2O2/c1-2-14(7-3-4-7)9(16)6-13-5-8(15)10(11)12/h7-8,10,13,15H,2-6H2,1H3. The average molecular weight is 236 g/mol. The van der Waals surface area contributed by atoms with Crippen molar-refractivity contribution in [2.24, 2.45) is 0 Å². The molecule has 0 spiro atoms. The number of alkyl halides is 2. The molecule has 1 amide bonds. The topological polar surface area (TPSA) is 52.6 Å².